The third kappa shape index (κ3) is 2.37. The summed E-state index contributed by atoms with van der Waals surface area (Å²) in [5.41, 5.74) is 4.48. The van der Waals surface area contributed by atoms with E-state index >= 15 is 0 Å². The van der Waals surface area contributed by atoms with Crippen LogP contribution >= 0.6 is 0 Å². The first kappa shape index (κ1) is 14.9. The van der Waals surface area contributed by atoms with Gasteiger partial charge >= 0.3 is 5.97 Å². The summed E-state index contributed by atoms with van der Waals surface area (Å²) in [7, 11) is 0. The zero-order valence-electron chi connectivity index (χ0n) is 13.1. The molecule has 1 atom stereocenters. The minimum Gasteiger partial charge on any atom is -0.480 e. The highest BCUT2D eigenvalue weighted by atomic mass is 19.1. The smallest absolute Gasteiger partial charge is 0.321 e. The van der Waals surface area contributed by atoms with Crippen molar-refractivity contribution in [1.29, 1.82) is 0 Å². The standard InChI is InChI=1S/C17H17FN4O2/c1-9-11-4-10(18)2-3-12(11)21-14(9)6-22-7-15-13(19-8-20-15)5-16(22)17(23)24/h2-4,8,16,21H,5-7H2,1H3,(H,19,20)(H,23,24). The minimum absolute atomic E-state index is 0.278. The van der Waals surface area contributed by atoms with Crippen molar-refractivity contribution in [2.24, 2.45) is 0 Å². The normalized spacial score (nSPS) is 18.0. The van der Waals surface area contributed by atoms with Gasteiger partial charge in [-0.25, -0.2) is 9.37 Å². The van der Waals surface area contributed by atoms with Crippen LogP contribution in [0.4, 0.5) is 4.39 Å². The van der Waals surface area contributed by atoms with Crippen molar-refractivity contribution in [3.63, 3.8) is 0 Å². The number of nitrogens with zero attached hydrogens (tertiary/aromatic N) is 2. The van der Waals surface area contributed by atoms with Crippen LogP contribution in [-0.4, -0.2) is 37.0 Å². The van der Waals surface area contributed by atoms with Crippen molar-refractivity contribution in [2.45, 2.75) is 32.5 Å². The van der Waals surface area contributed by atoms with E-state index in [0.717, 1.165) is 33.5 Å². The number of aryl methyl sites for hydroxylation is 1. The van der Waals surface area contributed by atoms with Crippen LogP contribution in [0, 0.1) is 12.7 Å². The summed E-state index contributed by atoms with van der Waals surface area (Å²) in [5.74, 6) is -1.14. The van der Waals surface area contributed by atoms with Gasteiger partial charge in [0, 0.05) is 36.1 Å². The second-order valence-corrected chi connectivity index (χ2v) is 6.21. The summed E-state index contributed by atoms with van der Waals surface area (Å²) in [5, 5.41) is 10.4. The highest BCUT2D eigenvalue weighted by Gasteiger charge is 2.33. The quantitative estimate of drug-likeness (QED) is 0.689. The number of benzene rings is 1. The Morgan fingerprint density at radius 1 is 1.50 bits per heavy atom. The molecular weight excluding hydrogens is 311 g/mol. The van der Waals surface area contributed by atoms with Crippen molar-refractivity contribution < 1.29 is 14.3 Å². The zero-order chi connectivity index (χ0) is 16.8. The molecule has 6 nitrogen and oxygen atoms in total. The number of aromatic amines is 2. The first-order valence-electron chi connectivity index (χ1n) is 7.77. The second-order valence-electron chi connectivity index (χ2n) is 6.21. The van der Waals surface area contributed by atoms with Crippen LogP contribution < -0.4 is 0 Å². The average molecular weight is 328 g/mol. The van der Waals surface area contributed by atoms with Gasteiger partial charge in [0.25, 0.3) is 0 Å². The van der Waals surface area contributed by atoms with Crippen LogP contribution in [-0.2, 0) is 24.3 Å². The van der Waals surface area contributed by atoms with Gasteiger partial charge in [0.15, 0.2) is 0 Å². The Kier molecular flexibility index (Phi) is 3.38. The molecule has 0 saturated carbocycles. The van der Waals surface area contributed by atoms with Gasteiger partial charge in [0.1, 0.15) is 11.9 Å². The van der Waals surface area contributed by atoms with Gasteiger partial charge in [-0.05, 0) is 30.7 Å². The lowest BCUT2D eigenvalue weighted by molar-refractivity contribution is -0.144. The highest BCUT2D eigenvalue weighted by Crippen LogP contribution is 2.27. The molecule has 0 fully saturated rings. The number of aliphatic carboxylic acids is 1. The molecule has 0 aliphatic carbocycles. The van der Waals surface area contributed by atoms with E-state index in [1.165, 1.54) is 12.1 Å². The molecule has 3 aromatic rings. The Hall–Kier alpha value is -2.67. The first-order valence-corrected chi connectivity index (χ1v) is 7.77. The van der Waals surface area contributed by atoms with Gasteiger partial charge in [-0.3, -0.25) is 9.69 Å². The largest absolute Gasteiger partial charge is 0.480 e. The molecule has 0 radical (unpaired) electrons. The predicted octanol–water partition coefficient (Wildman–Crippen LogP) is 2.35. The average Bonchev–Trinajstić information content (AvgIpc) is 3.12. The van der Waals surface area contributed by atoms with Crippen molar-refractivity contribution >= 4 is 16.9 Å². The van der Waals surface area contributed by atoms with Crippen molar-refractivity contribution in [2.75, 3.05) is 0 Å². The van der Waals surface area contributed by atoms with Crippen LogP contribution in [0.5, 0.6) is 0 Å². The van der Waals surface area contributed by atoms with Crippen LogP contribution in [0.25, 0.3) is 10.9 Å². The Bertz CT molecular complexity index is 930. The molecule has 0 spiro atoms. The monoisotopic (exact) mass is 328 g/mol. The number of carboxylic acid groups (broad SMARTS) is 1. The summed E-state index contributed by atoms with van der Waals surface area (Å²) in [4.78, 5) is 24.1. The minimum atomic E-state index is -0.858. The number of hydrogen-bond acceptors (Lipinski definition) is 3. The third-order valence-electron chi connectivity index (χ3n) is 4.77. The topological polar surface area (TPSA) is 85.0 Å². The van der Waals surface area contributed by atoms with Crippen molar-refractivity contribution in [1.82, 2.24) is 19.9 Å². The number of carbonyl (C=O) groups is 1. The molecule has 124 valence electrons. The van der Waals surface area contributed by atoms with Crippen LogP contribution in [0.3, 0.4) is 0 Å². The van der Waals surface area contributed by atoms with E-state index in [1.54, 1.807) is 12.4 Å². The molecule has 1 unspecified atom stereocenters. The van der Waals surface area contributed by atoms with Crippen molar-refractivity contribution in [3.05, 3.63) is 53.0 Å². The number of hydrogen-bond donors (Lipinski definition) is 3. The van der Waals surface area contributed by atoms with E-state index < -0.39 is 12.0 Å². The molecule has 4 rings (SSSR count). The maximum atomic E-state index is 13.5. The second kappa shape index (κ2) is 5.45. The summed E-state index contributed by atoms with van der Waals surface area (Å²) in [6, 6.07) is 4.00. The molecule has 1 aliphatic rings. The SMILES string of the molecule is Cc1c(CN2Cc3[nH]cnc3CC2C(=O)O)[nH]c2ccc(F)cc12. The van der Waals surface area contributed by atoms with Gasteiger partial charge in [0.05, 0.1) is 17.7 Å². The maximum Gasteiger partial charge on any atom is 0.321 e. The van der Waals surface area contributed by atoms with E-state index in [9.17, 15) is 14.3 Å². The highest BCUT2D eigenvalue weighted by molar-refractivity contribution is 5.84. The van der Waals surface area contributed by atoms with E-state index in [1.807, 2.05) is 11.8 Å². The molecule has 3 N–H and O–H groups in total. The number of halogens is 1. The van der Waals surface area contributed by atoms with E-state index in [0.29, 0.717) is 19.5 Å². The molecule has 7 heteroatoms. The summed E-state index contributed by atoms with van der Waals surface area (Å²) < 4.78 is 13.5. The van der Waals surface area contributed by atoms with E-state index in [-0.39, 0.29) is 5.82 Å². The number of rotatable bonds is 3. The molecule has 1 aromatic carbocycles. The fourth-order valence-electron chi connectivity index (χ4n) is 3.41. The molecule has 24 heavy (non-hydrogen) atoms. The molecular formula is C17H17FN4O2. The van der Waals surface area contributed by atoms with Gasteiger partial charge in [-0.1, -0.05) is 0 Å². The Morgan fingerprint density at radius 2 is 2.33 bits per heavy atom. The summed E-state index contributed by atoms with van der Waals surface area (Å²) in [6.07, 6.45) is 1.98. The number of aromatic nitrogens is 3. The number of imidazole rings is 1. The maximum absolute atomic E-state index is 13.5. The van der Waals surface area contributed by atoms with E-state index in [2.05, 4.69) is 15.0 Å². The Labute approximate surface area is 137 Å². The Morgan fingerprint density at radius 3 is 3.12 bits per heavy atom. The number of nitrogens with one attached hydrogen (secondary N) is 2. The van der Waals surface area contributed by atoms with E-state index in [4.69, 9.17) is 0 Å². The molecule has 0 saturated heterocycles. The fourth-order valence-corrected chi connectivity index (χ4v) is 3.41. The molecule has 0 bridgehead atoms. The van der Waals surface area contributed by atoms with Gasteiger partial charge in [0.2, 0.25) is 0 Å². The third-order valence-corrected chi connectivity index (χ3v) is 4.77. The Balaban J connectivity index is 1.69. The number of H-pyrrole nitrogens is 2. The van der Waals surface area contributed by atoms with Crippen LogP contribution in [0.1, 0.15) is 22.6 Å². The lowest BCUT2D eigenvalue weighted by Gasteiger charge is -2.32. The molecule has 1 aliphatic heterocycles. The fraction of sp³-hybridized carbons (Fsp3) is 0.294. The van der Waals surface area contributed by atoms with Crippen LogP contribution in [0.2, 0.25) is 0 Å². The molecule has 0 amide bonds. The van der Waals surface area contributed by atoms with Gasteiger partial charge in [-0.2, -0.15) is 0 Å². The lowest BCUT2D eigenvalue weighted by Crippen LogP contribution is -2.45. The predicted molar refractivity (Wildman–Crippen MR) is 86.0 cm³/mol. The molecule has 3 heterocycles. The van der Waals surface area contributed by atoms with Gasteiger partial charge < -0.3 is 15.1 Å². The lowest BCUT2D eigenvalue weighted by atomic mass is 10.0. The summed E-state index contributed by atoms with van der Waals surface area (Å²) >= 11 is 0. The zero-order valence-corrected chi connectivity index (χ0v) is 13.1. The first-order chi connectivity index (χ1) is 11.5. The van der Waals surface area contributed by atoms with Crippen molar-refractivity contribution in [3.8, 4) is 0 Å². The van der Waals surface area contributed by atoms with Gasteiger partial charge in [-0.15, -0.1) is 0 Å². The number of fused-ring (bicyclic) bond motifs is 2. The number of carboxylic acids is 1. The summed E-state index contributed by atoms with van der Waals surface area (Å²) in [6.45, 7) is 2.88. The van der Waals surface area contributed by atoms with Crippen LogP contribution in [0.15, 0.2) is 24.5 Å². The molecule has 2 aromatic heterocycles.